The molecule has 2 atom stereocenters. The van der Waals surface area contributed by atoms with Gasteiger partial charge in [-0.1, -0.05) is 43.3 Å². The minimum Gasteiger partial charge on any atom is -0.497 e. The second-order valence-electron chi connectivity index (χ2n) is 8.47. The highest BCUT2D eigenvalue weighted by Gasteiger charge is 2.35. The van der Waals surface area contributed by atoms with Crippen molar-refractivity contribution in [3.05, 3.63) is 94.5 Å². The number of ether oxygens (including phenoxy) is 3. The lowest BCUT2D eigenvalue weighted by atomic mass is 9.79. The quantitative estimate of drug-likeness (QED) is 0.334. The lowest BCUT2D eigenvalue weighted by Crippen LogP contribution is -2.28. The van der Waals surface area contributed by atoms with Gasteiger partial charge in [-0.3, -0.25) is 4.79 Å². The van der Waals surface area contributed by atoms with E-state index < -0.39 is 0 Å². The molecule has 5 rings (SSSR count). The molecule has 178 valence electrons. The van der Waals surface area contributed by atoms with Crippen molar-refractivity contribution >= 4 is 22.4 Å². The van der Waals surface area contributed by atoms with Gasteiger partial charge in [0.2, 0.25) is 5.91 Å². The van der Waals surface area contributed by atoms with E-state index in [1.165, 1.54) is 11.3 Å². The molecule has 7 heteroatoms. The number of nitrogens with one attached hydrogen (secondary N) is 1. The molecule has 1 aliphatic rings. The highest BCUT2D eigenvalue weighted by atomic mass is 32.1. The first-order valence-electron chi connectivity index (χ1n) is 11.4. The largest absolute Gasteiger partial charge is 0.497 e. The maximum absolute atomic E-state index is 13.4. The summed E-state index contributed by atoms with van der Waals surface area (Å²) in [6.45, 7) is 1.95. The molecule has 35 heavy (non-hydrogen) atoms. The van der Waals surface area contributed by atoms with Crippen LogP contribution in [0.4, 0.5) is 5.13 Å². The summed E-state index contributed by atoms with van der Waals surface area (Å²) in [6.07, 6.45) is 0.689. The van der Waals surface area contributed by atoms with E-state index in [2.05, 4.69) is 10.3 Å². The van der Waals surface area contributed by atoms with Crippen LogP contribution in [-0.2, 0) is 11.2 Å². The average Bonchev–Trinajstić information content (AvgIpc) is 3.33. The summed E-state index contributed by atoms with van der Waals surface area (Å²) in [5.74, 6) is 2.42. The number of carbonyl (C=O) groups is 1. The summed E-state index contributed by atoms with van der Waals surface area (Å²) in [4.78, 5) is 18.0. The van der Waals surface area contributed by atoms with Gasteiger partial charge in [-0.25, -0.2) is 4.98 Å². The van der Waals surface area contributed by atoms with Gasteiger partial charge in [0.1, 0.15) is 23.0 Å². The van der Waals surface area contributed by atoms with Crippen molar-refractivity contribution in [3.63, 3.8) is 0 Å². The number of methoxy groups -OCH3 is 2. The third-order valence-electron chi connectivity index (χ3n) is 6.27. The first kappa shape index (κ1) is 22.9. The number of anilines is 1. The summed E-state index contributed by atoms with van der Waals surface area (Å²) in [5.41, 5.74) is 4.00. The molecule has 0 saturated heterocycles. The molecule has 1 unspecified atom stereocenters. The number of rotatable bonds is 7. The predicted molar refractivity (Wildman–Crippen MR) is 137 cm³/mol. The molecule has 1 aliphatic heterocycles. The molecular weight excluding hydrogens is 460 g/mol. The Morgan fingerprint density at radius 3 is 2.49 bits per heavy atom. The highest BCUT2D eigenvalue weighted by molar-refractivity contribution is 7.13. The van der Waals surface area contributed by atoms with Gasteiger partial charge in [-0.15, -0.1) is 11.3 Å². The van der Waals surface area contributed by atoms with Gasteiger partial charge < -0.3 is 19.5 Å². The summed E-state index contributed by atoms with van der Waals surface area (Å²) >= 11 is 1.44. The third-order valence-corrected chi connectivity index (χ3v) is 7.08. The first-order valence-corrected chi connectivity index (χ1v) is 12.3. The van der Waals surface area contributed by atoms with Crippen LogP contribution < -0.4 is 19.5 Å². The van der Waals surface area contributed by atoms with E-state index in [0.29, 0.717) is 23.1 Å². The Balaban J connectivity index is 1.35. The number of nitrogens with zero attached hydrogens (tertiary/aromatic N) is 1. The zero-order chi connectivity index (χ0) is 24.4. The van der Waals surface area contributed by atoms with Gasteiger partial charge >= 0.3 is 0 Å². The predicted octanol–water partition coefficient (Wildman–Crippen LogP) is 6.26. The van der Waals surface area contributed by atoms with Gasteiger partial charge in [0.15, 0.2) is 5.13 Å². The number of hydrogen-bond acceptors (Lipinski definition) is 6. The number of carbonyl (C=O) groups excluding carboxylic acids is 1. The lowest BCUT2D eigenvalue weighted by Gasteiger charge is -2.31. The fourth-order valence-electron chi connectivity index (χ4n) is 4.41. The fourth-order valence-corrected chi connectivity index (χ4v) is 5.12. The number of fused-ring (bicyclic) bond motifs is 2. The number of hydrogen-bond donors (Lipinski definition) is 1. The summed E-state index contributed by atoms with van der Waals surface area (Å²) in [7, 11) is 3.28. The molecule has 3 aromatic carbocycles. The molecule has 4 aromatic rings. The topological polar surface area (TPSA) is 69.7 Å². The first-order chi connectivity index (χ1) is 17.1. The average molecular weight is 487 g/mol. The molecule has 0 fully saturated rings. The molecule has 6 nitrogen and oxygen atoms in total. The smallest absolute Gasteiger partial charge is 0.229 e. The zero-order valence-electron chi connectivity index (χ0n) is 19.8. The van der Waals surface area contributed by atoms with Crippen LogP contribution >= 0.6 is 11.3 Å². The van der Waals surface area contributed by atoms with E-state index >= 15 is 0 Å². The number of aromatic nitrogens is 1. The molecule has 0 bridgehead atoms. The normalized spacial score (nSPS) is 14.8. The Morgan fingerprint density at radius 1 is 1.00 bits per heavy atom. The number of amides is 1. The van der Waals surface area contributed by atoms with Crippen molar-refractivity contribution in [1.82, 2.24) is 4.98 Å². The van der Waals surface area contributed by atoms with Crippen molar-refractivity contribution in [2.75, 3.05) is 19.5 Å². The molecule has 0 spiro atoms. The van der Waals surface area contributed by atoms with E-state index in [1.54, 1.807) is 14.2 Å². The van der Waals surface area contributed by atoms with Crippen LogP contribution in [0, 0.1) is 5.92 Å². The van der Waals surface area contributed by atoms with Gasteiger partial charge in [0.25, 0.3) is 0 Å². The van der Waals surface area contributed by atoms with E-state index in [4.69, 9.17) is 14.2 Å². The lowest BCUT2D eigenvalue weighted by molar-refractivity contribution is -0.119. The third kappa shape index (κ3) is 4.72. The Labute approximate surface area is 208 Å². The van der Waals surface area contributed by atoms with Crippen molar-refractivity contribution in [1.29, 1.82) is 0 Å². The number of benzene rings is 3. The van der Waals surface area contributed by atoms with Crippen LogP contribution in [0.3, 0.4) is 0 Å². The Morgan fingerprint density at radius 2 is 1.71 bits per heavy atom. The second-order valence-corrected chi connectivity index (χ2v) is 9.33. The van der Waals surface area contributed by atoms with Gasteiger partial charge in [-0.2, -0.15) is 0 Å². The van der Waals surface area contributed by atoms with Gasteiger partial charge in [0.05, 0.1) is 19.9 Å². The minimum absolute atomic E-state index is 0.0844. The molecule has 2 heterocycles. The summed E-state index contributed by atoms with van der Waals surface area (Å²) in [6, 6.07) is 21.5. The van der Waals surface area contributed by atoms with Crippen LogP contribution in [0.1, 0.15) is 35.2 Å². The molecule has 1 aromatic heterocycles. The molecule has 0 saturated carbocycles. The van der Waals surface area contributed by atoms with Crippen LogP contribution in [0.25, 0.3) is 0 Å². The SMILES string of the molecule is COc1ccc(Cc2csc(NC(=O)C(C)[C@H]3c4ccccc4Oc4cc(OC)ccc43)n2)cc1. The molecule has 0 radical (unpaired) electrons. The monoisotopic (exact) mass is 486 g/mol. The van der Waals surface area contributed by atoms with Gasteiger partial charge in [0, 0.05) is 40.8 Å². The van der Waals surface area contributed by atoms with Gasteiger partial charge in [-0.05, 0) is 29.8 Å². The molecule has 1 N–H and O–H groups in total. The van der Waals surface area contributed by atoms with Crippen molar-refractivity contribution < 1.29 is 19.0 Å². The van der Waals surface area contributed by atoms with E-state index in [-0.39, 0.29) is 17.7 Å². The Bertz CT molecular complexity index is 1350. The number of para-hydroxylation sites is 1. The standard InChI is InChI=1S/C28H26N2O4S/c1-17(26-22-6-4-5-7-24(22)34-25-15-21(33-3)12-13-23(25)26)27(31)30-28-29-19(16-35-28)14-18-8-10-20(32-2)11-9-18/h4-13,15-17,26H,14H2,1-3H3,(H,29,30,31)/t17?,26-/m0/s1. The van der Waals surface area contributed by atoms with Crippen molar-refractivity contribution in [3.8, 4) is 23.0 Å². The Kier molecular flexibility index (Phi) is 6.42. The summed E-state index contributed by atoms with van der Waals surface area (Å²) < 4.78 is 16.7. The van der Waals surface area contributed by atoms with E-state index in [0.717, 1.165) is 33.9 Å². The molecule has 1 amide bonds. The molecule has 0 aliphatic carbocycles. The number of thiazole rings is 1. The van der Waals surface area contributed by atoms with E-state index in [9.17, 15) is 4.79 Å². The van der Waals surface area contributed by atoms with E-state index in [1.807, 2.05) is 79.0 Å². The van der Waals surface area contributed by atoms with Crippen LogP contribution in [0.2, 0.25) is 0 Å². The zero-order valence-corrected chi connectivity index (χ0v) is 20.6. The highest BCUT2D eigenvalue weighted by Crippen LogP contribution is 2.48. The maximum Gasteiger partial charge on any atom is 0.229 e. The van der Waals surface area contributed by atoms with Crippen LogP contribution in [0.5, 0.6) is 23.0 Å². The second kappa shape index (κ2) is 9.80. The fraction of sp³-hybridized carbons (Fsp3) is 0.214. The maximum atomic E-state index is 13.4. The Hall–Kier alpha value is -3.84. The van der Waals surface area contributed by atoms with Crippen LogP contribution in [-0.4, -0.2) is 25.1 Å². The molecular formula is C28H26N2O4S. The van der Waals surface area contributed by atoms with Crippen molar-refractivity contribution in [2.45, 2.75) is 19.3 Å². The summed E-state index contributed by atoms with van der Waals surface area (Å²) in [5, 5.41) is 5.61. The minimum atomic E-state index is -0.346. The van der Waals surface area contributed by atoms with Crippen molar-refractivity contribution in [2.24, 2.45) is 5.92 Å². The van der Waals surface area contributed by atoms with Crippen LogP contribution in [0.15, 0.2) is 72.1 Å².